The number of ether oxygens (including phenoxy) is 1. The molecule has 0 saturated heterocycles. The Balaban J connectivity index is 2.61. The molecule has 0 aliphatic heterocycles. The molecule has 1 aromatic rings. The first-order chi connectivity index (χ1) is 8.56. The van der Waals surface area contributed by atoms with Gasteiger partial charge >= 0.3 is 0 Å². The fourth-order valence-corrected chi connectivity index (χ4v) is 3.16. The van der Waals surface area contributed by atoms with Crippen molar-refractivity contribution in [3.8, 4) is 5.75 Å². The lowest BCUT2D eigenvalue weighted by Gasteiger charge is -2.17. The molecule has 1 aromatic carbocycles. The predicted octanol–water partition coefficient (Wildman–Crippen LogP) is 3.73. The lowest BCUT2D eigenvalue weighted by molar-refractivity contribution is 0.412. The van der Waals surface area contributed by atoms with Crippen molar-refractivity contribution >= 4 is 27.7 Å². The minimum absolute atomic E-state index is 0.512. The standard InChI is InChI=1S/C14H22BrNOS/c1-10(2)18-9-12(16-3)7-11-5-6-14(17-4)13(15)8-11/h5-6,8,10,12,16H,7,9H2,1-4H3. The second-order valence-electron chi connectivity index (χ2n) is 4.54. The Morgan fingerprint density at radius 1 is 1.39 bits per heavy atom. The molecule has 0 bridgehead atoms. The quantitative estimate of drug-likeness (QED) is 0.822. The van der Waals surface area contributed by atoms with Crippen LogP contribution in [0.4, 0.5) is 0 Å². The first kappa shape index (κ1) is 15.9. The van der Waals surface area contributed by atoms with Crippen LogP contribution in [-0.2, 0) is 6.42 Å². The van der Waals surface area contributed by atoms with E-state index >= 15 is 0 Å². The van der Waals surface area contributed by atoms with Crippen molar-refractivity contribution < 1.29 is 4.74 Å². The van der Waals surface area contributed by atoms with Gasteiger partial charge in [0, 0.05) is 11.8 Å². The molecular formula is C14H22BrNOS. The smallest absolute Gasteiger partial charge is 0.133 e. The van der Waals surface area contributed by atoms with E-state index in [1.807, 2.05) is 24.9 Å². The van der Waals surface area contributed by atoms with Gasteiger partial charge in [0.05, 0.1) is 11.6 Å². The van der Waals surface area contributed by atoms with E-state index in [1.165, 1.54) is 5.56 Å². The zero-order chi connectivity index (χ0) is 13.5. The monoisotopic (exact) mass is 331 g/mol. The zero-order valence-corrected chi connectivity index (χ0v) is 13.9. The number of likely N-dealkylation sites (N-methyl/N-ethyl adjacent to an activating group) is 1. The van der Waals surface area contributed by atoms with Crippen molar-refractivity contribution in [1.29, 1.82) is 0 Å². The summed E-state index contributed by atoms with van der Waals surface area (Å²) in [6, 6.07) is 6.80. The second kappa shape index (κ2) is 8.08. The Bertz CT molecular complexity index is 371. The van der Waals surface area contributed by atoms with E-state index in [4.69, 9.17) is 4.74 Å². The SMILES string of the molecule is CNC(CSC(C)C)Cc1ccc(OC)c(Br)c1. The molecule has 0 spiro atoms. The van der Waals surface area contributed by atoms with Gasteiger partial charge in [-0.3, -0.25) is 0 Å². The van der Waals surface area contributed by atoms with Crippen molar-refractivity contribution in [2.24, 2.45) is 0 Å². The highest BCUT2D eigenvalue weighted by Crippen LogP contribution is 2.26. The van der Waals surface area contributed by atoms with E-state index in [-0.39, 0.29) is 0 Å². The van der Waals surface area contributed by atoms with Gasteiger partial charge in [0.1, 0.15) is 5.75 Å². The maximum absolute atomic E-state index is 5.24. The number of rotatable bonds is 7. The van der Waals surface area contributed by atoms with Gasteiger partial charge in [-0.1, -0.05) is 19.9 Å². The largest absolute Gasteiger partial charge is 0.496 e. The topological polar surface area (TPSA) is 21.3 Å². The van der Waals surface area contributed by atoms with E-state index in [0.717, 1.165) is 22.4 Å². The van der Waals surface area contributed by atoms with Gasteiger partial charge in [-0.05, 0) is 52.3 Å². The molecule has 18 heavy (non-hydrogen) atoms. The average molecular weight is 332 g/mol. The highest BCUT2D eigenvalue weighted by molar-refractivity contribution is 9.10. The van der Waals surface area contributed by atoms with Crippen LogP contribution >= 0.6 is 27.7 Å². The van der Waals surface area contributed by atoms with Gasteiger partial charge in [-0.2, -0.15) is 11.8 Å². The van der Waals surface area contributed by atoms with E-state index in [1.54, 1.807) is 7.11 Å². The summed E-state index contributed by atoms with van der Waals surface area (Å²) in [5, 5.41) is 4.07. The van der Waals surface area contributed by atoms with Gasteiger partial charge in [-0.15, -0.1) is 0 Å². The molecule has 0 radical (unpaired) electrons. The highest BCUT2D eigenvalue weighted by atomic mass is 79.9. The molecule has 1 atom stereocenters. The molecule has 1 N–H and O–H groups in total. The first-order valence-corrected chi connectivity index (χ1v) is 8.02. The van der Waals surface area contributed by atoms with E-state index < -0.39 is 0 Å². The van der Waals surface area contributed by atoms with Crippen LogP contribution in [0.2, 0.25) is 0 Å². The Hall–Kier alpha value is -0.190. The van der Waals surface area contributed by atoms with Crippen LogP contribution in [0, 0.1) is 0 Å². The van der Waals surface area contributed by atoms with Crippen molar-refractivity contribution in [3.05, 3.63) is 28.2 Å². The summed E-state index contributed by atoms with van der Waals surface area (Å²) in [5.41, 5.74) is 1.33. The number of benzene rings is 1. The van der Waals surface area contributed by atoms with Gasteiger partial charge < -0.3 is 10.1 Å². The van der Waals surface area contributed by atoms with Gasteiger partial charge in [0.15, 0.2) is 0 Å². The Morgan fingerprint density at radius 2 is 2.11 bits per heavy atom. The van der Waals surface area contributed by atoms with Crippen LogP contribution in [0.15, 0.2) is 22.7 Å². The molecule has 0 fully saturated rings. The number of hydrogen-bond acceptors (Lipinski definition) is 3. The summed E-state index contributed by atoms with van der Waals surface area (Å²) in [5.74, 6) is 2.02. The lowest BCUT2D eigenvalue weighted by Crippen LogP contribution is -2.30. The highest BCUT2D eigenvalue weighted by Gasteiger charge is 2.10. The Labute approximate surface area is 123 Å². The molecule has 102 valence electrons. The van der Waals surface area contributed by atoms with E-state index in [9.17, 15) is 0 Å². The van der Waals surface area contributed by atoms with Crippen LogP contribution in [0.5, 0.6) is 5.75 Å². The molecule has 1 rings (SSSR count). The molecule has 0 aromatic heterocycles. The number of hydrogen-bond donors (Lipinski definition) is 1. The normalized spacial score (nSPS) is 12.8. The second-order valence-corrected chi connectivity index (χ2v) is 7.00. The minimum atomic E-state index is 0.512. The third-order valence-corrected chi connectivity index (χ3v) is 4.62. The minimum Gasteiger partial charge on any atom is -0.496 e. The van der Waals surface area contributed by atoms with Crippen LogP contribution in [-0.4, -0.2) is 31.2 Å². The molecule has 0 aliphatic carbocycles. The maximum Gasteiger partial charge on any atom is 0.133 e. The van der Waals surface area contributed by atoms with Crippen molar-refractivity contribution in [3.63, 3.8) is 0 Å². The van der Waals surface area contributed by atoms with Crippen molar-refractivity contribution in [1.82, 2.24) is 5.32 Å². The van der Waals surface area contributed by atoms with Crippen LogP contribution in [0.25, 0.3) is 0 Å². The van der Waals surface area contributed by atoms with E-state index in [0.29, 0.717) is 11.3 Å². The summed E-state index contributed by atoms with van der Waals surface area (Å²) in [6.45, 7) is 4.47. The van der Waals surface area contributed by atoms with Crippen LogP contribution in [0.3, 0.4) is 0 Å². The molecule has 0 aliphatic rings. The number of methoxy groups -OCH3 is 1. The van der Waals surface area contributed by atoms with Gasteiger partial charge in [0.2, 0.25) is 0 Å². The zero-order valence-electron chi connectivity index (χ0n) is 11.5. The number of nitrogens with one attached hydrogen (secondary N) is 1. The Kier molecular flexibility index (Phi) is 7.12. The third kappa shape index (κ3) is 5.21. The number of thioether (sulfide) groups is 1. The fraction of sp³-hybridized carbons (Fsp3) is 0.571. The Morgan fingerprint density at radius 3 is 2.61 bits per heavy atom. The molecule has 1 unspecified atom stereocenters. The van der Waals surface area contributed by atoms with E-state index in [2.05, 4.69) is 47.2 Å². The maximum atomic E-state index is 5.24. The van der Waals surface area contributed by atoms with Crippen LogP contribution < -0.4 is 10.1 Å². The number of halogens is 1. The summed E-state index contributed by atoms with van der Waals surface area (Å²) in [7, 11) is 3.72. The average Bonchev–Trinajstić information content (AvgIpc) is 2.34. The lowest BCUT2D eigenvalue weighted by atomic mass is 10.1. The molecule has 0 saturated carbocycles. The molecule has 2 nitrogen and oxygen atoms in total. The predicted molar refractivity (Wildman–Crippen MR) is 84.8 cm³/mol. The van der Waals surface area contributed by atoms with Crippen molar-refractivity contribution in [2.45, 2.75) is 31.6 Å². The van der Waals surface area contributed by atoms with Gasteiger partial charge in [-0.25, -0.2) is 0 Å². The first-order valence-electron chi connectivity index (χ1n) is 6.18. The molecule has 0 amide bonds. The summed E-state index contributed by atoms with van der Waals surface area (Å²) in [4.78, 5) is 0. The van der Waals surface area contributed by atoms with Gasteiger partial charge in [0.25, 0.3) is 0 Å². The molecule has 4 heteroatoms. The summed E-state index contributed by atoms with van der Waals surface area (Å²) >= 11 is 5.53. The van der Waals surface area contributed by atoms with Crippen molar-refractivity contribution in [2.75, 3.05) is 19.9 Å². The molecular weight excluding hydrogens is 310 g/mol. The third-order valence-electron chi connectivity index (χ3n) is 2.74. The summed E-state index contributed by atoms with van der Waals surface area (Å²) < 4.78 is 6.27. The van der Waals surface area contributed by atoms with Crippen LogP contribution in [0.1, 0.15) is 19.4 Å². The fourth-order valence-electron chi connectivity index (χ4n) is 1.67. The summed E-state index contributed by atoms with van der Waals surface area (Å²) in [6.07, 6.45) is 1.04. The molecule has 0 heterocycles.